The van der Waals surface area contributed by atoms with Crippen molar-refractivity contribution in [1.82, 2.24) is 29.8 Å². The lowest BCUT2D eigenvalue weighted by atomic mass is 10.1. The van der Waals surface area contributed by atoms with Crippen molar-refractivity contribution in [1.29, 1.82) is 0 Å². The Morgan fingerprint density at radius 2 is 1.70 bits per heavy atom. The Labute approximate surface area is 227 Å². The van der Waals surface area contributed by atoms with Crippen LogP contribution in [0.15, 0.2) is 59.7 Å². The number of anilines is 2. The van der Waals surface area contributed by atoms with E-state index in [-0.39, 0.29) is 28.6 Å². The lowest BCUT2D eigenvalue weighted by Crippen LogP contribution is -2.45. The minimum atomic E-state index is -4.57. The molecule has 3 aromatic heterocycles. The number of nitrogens with zero attached hydrogens (tertiary/aromatic N) is 5. The van der Waals surface area contributed by atoms with Gasteiger partial charge < -0.3 is 25.1 Å². The lowest BCUT2D eigenvalue weighted by molar-refractivity contribution is -0.137. The van der Waals surface area contributed by atoms with Crippen molar-refractivity contribution in [2.75, 3.05) is 43.4 Å². The molecular formula is C28H27F3N8O. The van der Waals surface area contributed by atoms with Crippen LogP contribution in [-0.2, 0) is 6.18 Å². The lowest BCUT2D eigenvalue weighted by Gasteiger charge is -2.35. The number of fused-ring (bicyclic) bond motifs is 2. The number of halogens is 3. The molecule has 3 N–H and O–H groups in total. The molecule has 0 aliphatic carbocycles. The Kier molecular flexibility index (Phi) is 6.41. The van der Waals surface area contributed by atoms with Crippen molar-refractivity contribution in [2.45, 2.75) is 19.1 Å². The van der Waals surface area contributed by atoms with Crippen molar-refractivity contribution in [3.05, 3.63) is 76.6 Å². The second-order valence-electron chi connectivity index (χ2n) is 9.98. The van der Waals surface area contributed by atoms with Crippen LogP contribution in [0.2, 0.25) is 0 Å². The van der Waals surface area contributed by atoms with Gasteiger partial charge in [-0.05, 0) is 38.2 Å². The number of aromatic nitrogens is 5. The zero-order chi connectivity index (χ0) is 28.0. The summed E-state index contributed by atoms with van der Waals surface area (Å²) in [4.78, 5) is 36.4. The Bertz CT molecular complexity index is 1740. The highest BCUT2D eigenvalue weighted by molar-refractivity contribution is 5.99. The minimum absolute atomic E-state index is 0.101. The van der Waals surface area contributed by atoms with Crippen LogP contribution in [0, 0.1) is 0 Å². The molecule has 6 rings (SSSR count). The van der Waals surface area contributed by atoms with E-state index in [0.717, 1.165) is 11.5 Å². The Hall–Kier alpha value is -4.45. The van der Waals surface area contributed by atoms with Gasteiger partial charge in [-0.25, -0.2) is 15.0 Å². The fraction of sp³-hybridized carbons (Fsp3) is 0.286. The first kappa shape index (κ1) is 25.8. The van der Waals surface area contributed by atoms with Gasteiger partial charge in [0, 0.05) is 44.0 Å². The molecule has 0 saturated carbocycles. The molecule has 1 saturated heterocycles. The highest BCUT2D eigenvalue weighted by Crippen LogP contribution is 2.40. The first-order chi connectivity index (χ1) is 19.2. The third-order valence-electron chi connectivity index (χ3n) is 7.24. The summed E-state index contributed by atoms with van der Waals surface area (Å²) in [6.07, 6.45) is -1.30. The fourth-order valence-corrected chi connectivity index (χ4v) is 5.13. The predicted molar refractivity (Wildman–Crippen MR) is 148 cm³/mol. The fourth-order valence-electron chi connectivity index (χ4n) is 5.13. The molecule has 0 spiro atoms. The second-order valence-corrected chi connectivity index (χ2v) is 9.98. The number of imidazole rings is 1. The van der Waals surface area contributed by atoms with Crippen molar-refractivity contribution >= 4 is 33.3 Å². The van der Waals surface area contributed by atoms with Crippen LogP contribution >= 0.6 is 0 Å². The number of likely N-dealkylation sites (N-methyl/N-ethyl adjacent to an activating group) is 1. The first-order valence-electron chi connectivity index (χ1n) is 12.9. The molecule has 1 atom stereocenters. The minimum Gasteiger partial charge on any atom is -0.374 e. The van der Waals surface area contributed by atoms with Gasteiger partial charge in [0.05, 0.1) is 39.5 Å². The third kappa shape index (κ3) is 4.75. The first-order valence-corrected chi connectivity index (χ1v) is 12.9. The van der Waals surface area contributed by atoms with E-state index in [9.17, 15) is 18.0 Å². The van der Waals surface area contributed by atoms with Gasteiger partial charge in [-0.3, -0.25) is 4.79 Å². The standard InChI is InChI=1S/C28H27F3N8O/c1-16(25-32-8-5-9-33-25)34-24-17-6-3-4-7-19(17)37-27(40)23(24)26-35-20-14-18(28(29,30)31)22(15-21(20)36-26)39-12-10-38(2)11-13-39/h3-9,14-16H,10-13H2,1-2H3,(H,35,36)(H2,34,37,40)/t16-/m1/s1. The zero-order valence-electron chi connectivity index (χ0n) is 21.9. The molecule has 1 aliphatic heterocycles. The average Bonchev–Trinajstić information content (AvgIpc) is 3.35. The molecule has 0 bridgehead atoms. The number of H-pyrrole nitrogens is 2. The molecule has 206 valence electrons. The maximum absolute atomic E-state index is 14.2. The third-order valence-corrected chi connectivity index (χ3v) is 7.24. The number of hydrogen-bond donors (Lipinski definition) is 3. The zero-order valence-corrected chi connectivity index (χ0v) is 21.9. The van der Waals surface area contributed by atoms with Crippen LogP contribution in [0.25, 0.3) is 33.3 Å². The summed E-state index contributed by atoms with van der Waals surface area (Å²) in [5.74, 6) is 0.684. The van der Waals surface area contributed by atoms with Crippen LogP contribution in [-0.4, -0.2) is 63.0 Å². The maximum atomic E-state index is 14.2. The predicted octanol–water partition coefficient (Wildman–Crippen LogP) is 4.81. The van der Waals surface area contributed by atoms with Crippen molar-refractivity contribution < 1.29 is 13.2 Å². The molecule has 2 aromatic carbocycles. The van der Waals surface area contributed by atoms with Gasteiger partial charge in [-0.15, -0.1) is 0 Å². The van der Waals surface area contributed by atoms with Crippen molar-refractivity contribution in [2.24, 2.45) is 0 Å². The summed E-state index contributed by atoms with van der Waals surface area (Å²) in [6.45, 7) is 4.14. The maximum Gasteiger partial charge on any atom is 0.418 e. The summed E-state index contributed by atoms with van der Waals surface area (Å²) in [5.41, 5.74) is 0.728. The number of aromatic amines is 2. The normalized spacial score (nSPS) is 15.6. The van der Waals surface area contributed by atoms with Crippen molar-refractivity contribution in [3.8, 4) is 11.4 Å². The van der Waals surface area contributed by atoms with Gasteiger partial charge in [0.15, 0.2) is 0 Å². The molecule has 1 aliphatic rings. The van der Waals surface area contributed by atoms with Crippen LogP contribution in [0.3, 0.4) is 0 Å². The molecule has 12 heteroatoms. The van der Waals surface area contributed by atoms with Gasteiger partial charge in [0.1, 0.15) is 17.2 Å². The number of alkyl halides is 3. The monoisotopic (exact) mass is 548 g/mol. The number of pyridine rings is 1. The largest absolute Gasteiger partial charge is 0.418 e. The summed E-state index contributed by atoms with van der Waals surface area (Å²) >= 11 is 0. The van der Waals surface area contributed by atoms with Gasteiger partial charge in [-0.2, -0.15) is 13.2 Å². The molecule has 4 heterocycles. The number of hydrogen-bond acceptors (Lipinski definition) is 7. The topological polar surface area (TPSA) is 106 Å². The highest BCUT2D eigenvalue weighted by atomic mass is 19.4. The number of piperazine rings is 1. The van der Waals surface area contributed by atoms with E-state index >= 15 is 0 Å². The Morgan fingerprint density at radius 1 is 0.975 bits per heavy atom. The smallest absolute Gasteiger partial charge is 0.374 e. The van der Waals surface area contributed by atoms with E-state index in [4.69, 9.17) is 0 Å². The molecule has 5 aromatic rings. The Morgan fingerprint density at radius 3 is 2.42 bits per heavy atom. The molecular weight excluding hydrogens is 521 g/mol. The van der Waals surface area contributed by atoms with Crippen LogP contribution in [0.1, 0.15) is 24.4 Å². The van der Waals surface area contributed by atoms with Crippen LogP contribution in [0.5, 0.6) is 0 Å². The van der Waals surface area contributed by atoms with E-state index in [1.54, 1.807) is 29.4 Å². The van der Waals surface area contributed by atoms with E-state index < -0.39 is 17.3 Å². The SMILES string of the molecule is C[C@@H](Nc1c(-c2nc3cc(C(F)(F)F)c(N4CCN(C)CC4)cc3[nH]2)c(=O)[nH]c2ccccc12)c1ncccn1. The van der Waals surface area contributed by atoms with Gasteiger partial charge in [0.2, 0.25) is 0 Å². The quantitative estimate of drug-likeness (QED) is 0.290. The summed E-state index contributed by atoms with van der Waals surface area (Å²) < 4.78 is 42.6. The van der Waals surface area contributed by atoms with Crippen LogP contribution < -0.4 is 15.8 Å². The van der Waals surface area contributed by atoms with Gasteiger partial charge in [-0.1, -0.05) is 18.2 Å². The Balaban J connectivity index is 1.51. The molecule has 0 radical (unpaired) electrons. The summed E-state index contributed by atoms with van der Waals surface area (Å²) in [5, 5.41) is 4.08. The number of rotatable bonds is 5. The van der Waals surface area contributed by atoms with Crippen LogP contribution in [0.4, 0.5) is 24.5 Å². The molecule has 0 unspecified atom stereocenters. The summed E-state index contributed by atoms with van der Waals surface area (Å²) in [6, 6.07) is 11.2. The van der Waals surface area contributed by atoms with Gasteiger partial charge in [0.25, 0.3) is 5.56 Å². The number of nitrogens with one attached hydrogen (secondary N) is 3. The summed E-state index contributed by atoms with van der Waals surface area (Å²) in [7, 11) is 1.95. The van der Waals surface area contributed by atoms with E-state index in [0.29, 0.717) is 48.7 Å². The molecule has 9 nitrogen and oxygen atoms in total. The molecule has 40 heavy (non-hydrogen) atoms. The van der Waals surface area contributed by atoms with Gasteiger partial charge >= 0.3 is 6.18 Å². The average molecular weight is 549 g/mol. The highest BCUT2D eigenvalue weighted by Gasteiger charge is 2.36. The molecule has 0 amide bonds. The second kappa shape index (κ2) is 9.94. The number of benzene rings is 2. The van der Waals surface area contributed by atoms with E-state index in [1.807, 2.05) is 32.2 Å². The van der Waals surface area contributed by atoms with Crippen molar-refractivity contribution in [3.63, 3.8) is 0 Å². The molecule has 1 fully saturated rings. The number of para-hydroxylation sites is 1. The van der Waals surface area contributed by atoms with E-state index in [1.165, 1.54) is 6.07 Å². The van der Waals surface area contributed by atoms with E-state index in [2.05, 4.69) is 35.1 Å².